The zero-order valence-corrected chi connectivity index (χ0v) is 16.3. The minimum Gasteiger partial charge on any atom is -0.366 e. The molecule has 0 aromatic heterocycles. The van der Waals surface area contributed by atoms with Crippen LogP contribution in [0.2, 0.25) is 0 Å². The molecule has 27 heavy (non-hydrogen) atoms. The van der Waals surface area contributed by atoms with E-state index in [0.29, 0.717) is 5.69 Å². The van der Waals surface area contributed by atoms with Gasteiger partial charge in [-0.2, -0.15) is 0 Å². The van der Waals surface area contributed by atoms with Crippen molar-refractivity contribution in [3.63, 3.8) is 0 Å². The van der Waals surface area contributed by atoms with Crippen molar-refractivity contribution in [1.82, 2.24) is 0 Å². The highest BCUT2D eigenvalue weighted by atomic mass is 32.2. The number of amides is 2. The SMILES string of the molecule is CCc1ccc(N(C(C)C(=O)Nc2ccccc2C(N)=O)S(C)(=O)=O)cc1. The third-order valence-corrected chi connectivity index (χ3v) is 5.38. The van der Waals surface area contributed by atoms with Crippen molar-refractivity contribution in [2.75, 3.05) is 15.9 Å². The van der Waals surface area contributed by atoms with Crippen molar-refractivity contribution in [2.45, 2.75) is 26.3 Å². The van der Waals surface area contributed by atoms with Crippen LogP contribution in [-0.4, -0.2) is 32.5 Å². The van der Waals surface area contributed by atoms with Gasteiger partial charge in [0.25, 0.3) is 5.91 Å². The standard InChI is InChI=1S/C19H23N3O4S/c1-4-14-9-11-15(12-10-14)22(27(3,25)26)13(2)19(24)21-17-8-6-5-7-16(17)18(20)23/h5-13H,4H2,1-3H3,(H2,20,23)(H,21,24). The molecule has 0 saturated heterocycles. The monoisotopic (exact) mass is 389 g/mol. The molecule has 8 heteroatoms. The molecule has 0 spiro atoms. The van der Waals surface area contributed by atoms with E-state index in [9.17, 15) is 18.0 Å². The van der Waals surface area contributed by atoms with E-state index in [1.165, 1.54) is 19.1 Å². The second-order valence-corrected chi connectivity index (χ2v) is 8.01. The van der Waals surface area contributed by atoms with Crippen LogP contribution in [0.25, 0.3) is 0 Å². The van der Waals surface area contributed by atoms with Gasteiger partial charge in [0.05, 0.1) is 23.2 Å². The van der Waals surface area contributed by atoms with Crippen molar-refractivity contribution in [2.24, 2.45) is 5.73 Å². The highest BCUT2D eigenvalue weighted by Gasteiger charge is 2.29. The maximum atomic E-state index is 12.7. The zero-order valence-electron chi connectivity index (χ0n) is 15.5. The molecule has 0 aliphatic heterocycles. The largest absolute Gasteiger partial charge is 0.366 e. The molecule has 1 atom stereocenters. The topological polar surface area (TPSA) is 110 Å². The van der Waals surface area contributed by atoms with Crippen molar-refractivity contribution >= 4 is 33.2 Å². The summed E-state index contributed by atoms with van der Waals surface area (Å²) < 4.78 is 25.7. The molecule has 3 N–H and O–H groups in total. The third-order valence-electron chi connectivity index (χ3n) is 4.14. The van der Waals surface area contributed by atoms with Crippen LogP contribution in [-0.2, 0) is 21.2 Å². The molecule has 0 fully saturated rings. The normalized spacial score (nSPS) is 12.3. The lowest BCUT2D eigenvalue weighted by atomic mass is 10.1. The summed E-state index contributed by atoms with van der Waals surface area (Å²) in [5.41, 5.74) is 7.14. The number of primary amides is 1. The van der Waals surface area contributed by atoms with E-state index < -0.39 is 27.9 Å². The molecule has 0 aliphatic carbocycles. The Hall–Kier alpha value is -2.87. The molecule has 0 radical (unpaired) electrons. The predicted octanol–water partition coefficient (Wildman–Crippen LogP) is 2.14. The maximum absolute atomic E-state index is 12.7. The fourth-order valence-corrected chi connectivity index (χ4v) is 3.91. The van der Waals surface area contributed by atoms with Crippen LogP contribution in [0.5, 0.6) is 0 Å². The molecule has 2 rings (SSSR count). The van der Waals surface area contributed by atoms with Crippen LogP contribution in [0.4, 0.5) is 11.4 Å². The van der Waals surface area contributed by atoms with Gasteiger partial charge in [-0.1, -0.05) is 31.2 Å². The van der Waals surface area contributed by atoms with E-state index in [2.05, 4.69) is 5.32 Å². The van der Waals surface area contributed by atoms with Gasteiger partial charge in [0.1, 0.15) is 6.04 Å². The first kappa shape index (κ1) is 20.4. The van der Waals surface area contributed by atoms with Crippen molar-refractivity contribution in [3.05, 3.63) is 59.7 Å². The quantitative estimate of drug-likeness (QED) is 0.756. The molecule has 0 aliphatic rings. The van der Waals surface area contributed by atoms with Crippen LogP contribution in [0.1, 0.15) is 29.8 Å². The number of nitrogens with zero attached hydrogens (tertiary/aromatic N) is 1. The number of rotatable bonds is 7. The second-order valence-electron chi connectivity index (χ2n) is 6.15. The number of nitrogens with one attached hydrogen (secondary N) is 1. The number of anilines is 2. The van der Waals surface area contributed by atoms with Crippen LogP contribution in [0.3, 0.4) is 0 Å². The lowest BCUT2D eigenvalue weighted by Gasteiger charge is -2.28. The van der Waals surface area contributed by atoms with E-state index >= 15 is 0 Å². The van der Waals surface area contributed by atoms with Gasteiger partial charge in [0, 0.05) is 0 Å². The Bertz CT molecular complexity index is 940. The highest BCUT2D eigenvalue weighted by molar-refractivity contribution is 7.92. The minimum atomic E-state index is -3.72. The van der Waals surface area contributed by atoms with Gasteiger partial charge in [0.15, 0.2) is 0 Å². The fourth-order valence-electron chi connectivity index (χ4n) is 2.73. The van der Waals surface area contributed by atoms with Crippen LogP contribution in [0.15, 0.2) is 48.5 Å². The number of sulfonamides is 1. The molecule has 144 valence electrons. The van der Waals surface area contributed by atoms with E-state index in [1.54, 1.807) is 24.3 Å². The molecule has 2 aromatic carbocycles. The summed E-state index contributed by atoms with van der Waals surface area (Å²) >= 11 is 0. The summed E-state index contributed by atoms with van der Waals surface area (Å²) in [6, 6.07) is 12.2. The molecule has 0 bridgehead atoms. The molecule has 2 amide bonds. The Kier molecular flexibility index (Phi) is 6.22. The number of hydrogen-bond donors (Lipinski definition) is 2. The van der Waals surface area contributed by atoms with E-state index in [1.807, 2.05) is 19.1 Å². The average molecular weight is 389 g/mol. The number of aryl methyl sites for hydroxylation is 1. The molecule has 7 nitrogen and oxygen atoms in total. The molecule has 1 unspecified atom stereocenters. The third kappa shape index (κ3) is 4.85. The van der Waals surface area contributed by atoms with Gasteiger partial charge >= 0.3 is 0 Å². The Morgan fingerprint density at radius 1 is 1.11 bits per heavy atom. The van der Waals surface area contributed by atoms with E-state index in [4.69, 9.17) is 5.73 Å². The summed E-state index contributed by atoms with van der Waals surface area (Å²) in [6.07, 6.45) is 1.86. The predicted molar refractivity (Wildman–Crippen MR) is 106 cm³/mol. The zero-order chi connectivity index (χ0) is 20.2. The Labute approximate surface area is 159 Å². The molecule has 0 saturated carbocycles. The van der Waals surface area contributed by atoms with Crippen LogP contribution < -0.4 is 15.4 Å². The summed E-state index contributed by atoms with van der Waals surface area (Å²) in [7, 11) is -3.72. The van der Waals surface area contributed by atoms with Gasteiger partial charge in [-0.3, -0.25) is 13.9 Å². The first-order valence-electron chi connectivity index (χ1n) is 8.43. The number of hydrogen-bond acceptors (Lipinski definition) is 4. The van der Waals surface area contributed by atoms with E-state index in [0.717, 1.165) is 22.5 Å². The highest BCUT2D eigenvalue weighted by Crippen LogP contribution is 2.23. The lowest BCUT2D eigenvalue weighted by Crippen LogP contribution is -2.45. The smallest absolute Gasteiger partial charge is 0.250 e. The maximum Gasteiger partial charge on any atom is 0.250 e. The van der Waals surface area contributed by atoms with Crippen LogP contribution >= 0.6 is 0 Å². The van der Waals surface area contributed by atoms with Crippen molar-refractivity contribution in [1.29, 1.82) is 0 Å². The minimum absolute atomic E-state index is 0.149. The van der Waals surface area contributed by atoms with Crippen molar-refractivity contribution in [3.8, 4) is 0 Å². The molecular weight excluding hydrogens is 366 g/mol. The lowest BCUT2D eigenvalue weighted by molar-refractivity contribution is -0.116. The second kappa shape index (κ2) is 8.22. The Morgan fingerprint density at radius 3 is 2.22 bits per heavy atom. The van der Waals surface area contributed by atoms with Crippen LogP contribution in [0, 0.1) is 0 Å². The number of nitrogens with two attached hydrogens (primary N) is 1. The molecule has 2 aromatic rings. The number of carbonyl (C=O) groups excluding carboxylic acids is 2. The summed E-state index contributed by atoms with van der Waals surface area (Å²) in [5.74, 6) is -1.26. The summed E-state index contributed by atoms with van der Waals surface area (Å²) in [6.45, 7) is 3.48. The summed E-state index contributed by atoms with van der Waals surface area (Å²) in [5, 5.41) is 2.59. The first-order chi connectivity index (χ1) is 12.6. The molecule has 0 heterocycles. The van der Waals surface area contributed by atoms with Gasteiger partial charge in [-0.25, -0.2) is 8.42 Å². The van der Waals surface area contributed by atoms with Crippen molar-refractivity contribution < 1.29 is 18.0 Å². The fraction of sp³-hybridized carbons (Fsp3) is 0.263. The van der Waals surface area contributed by atoms with E-state index in [-0.39, 0.29) is 11.3 Å². The first-order valence-corrected chi connectivity index (χ1v) is 10.3. The van der Waals surface area contributed by atoms with Gasteiger partial charge in [0.2, 0.25) is 15.9 Å². The number of carbonyl (C=O) groups is 2. The van der Waals surface area contributed by atoms with Gasteiger partial charge in [-0.05, 0) is 43.2 Å². The Balaban J connectivity index is 2.34. The van der Waals surface area contributed by atoms with Gasteiger partial charge in [-0.15, -0.1) is 0 Å². The van der Waals surface area contributed by atoms with Gasteiger partial charge < -0.3 is 11.1 Å². The Morgan fingerprint density at radius 2 is 1.70 bits per heavy atom. The number of benzene rings is 2. The average Bonchev–Trinajstić information content (AvgIpc) is 2.61. The molecular formula is C19H23N3O4S. The summed E-state index contributed by atoms with van der Waals surface area (Å²) in [4.78, 5) is 24.2. The number of para-hydroxylation sites is 1.